The molecule has 1 saturated carbocycles. The largest absolute Gasteiger partial charge is 0.349 e. The van der Waals surface area contributed by atoms with Crippen molar-refractivity contribution < 1.29 is 22.6 Å². The number of amides is 2. The van der Waals surface area contributed by atoms with Crippen LogP contribution < -0.4 is 11.1 Å². The van der Waals surface area contributed by atoms with Crippen molar-refractivity contribution in [3.05, 3.63) is 35.4 Å². The normalized spacial score (nSPS) is 26.9. The highest BCUT2D eigenvalue weighted by molar-refractivity contribution is 7.93. The average Bonchev–Trinajstić information content (AvgIpc) is 3.32. The molecule has 1 unspecified atom stereocenters. The van der Waals surface area contributed by atoms with Gasteiger partial charge in [-0.2, -0.15) is 4.36 Å². The van der Waals surface area contributed by atoms with Gasteiger partial charge in [0, 0.05) is 29.5 Å². The van der Waals surface area contributed by atoms with Gasteiger partial charge in [0.25, 0.3) is 5.91 Å². The fourth-order valence-corrected chi connectivity index (χ4v) is 5.97. The van der Waals surface area contributed by atoms with Crippen LogP contribution in [-0.4, -0.2) is 33.1 Å². The van der Waals surface area contributed by atoms with E-state index in [2.05, 4.69) is 9.68 Å². The number of halogens is 2. The van der Waals surface area contributed by atoms with Crippen LogP contribution in [-0.2, 0) is 19.3 Å². The molecule has 2 fully saturated rings. The van der Waals surface area contributed by atoms with E-state index in [0.717, 1.165) is 25.0 Å². The molecule has 3 rings (SSSR count). The van der Waals surface area contributed by atoms with E-state index in [0.29, 0.717) is 30.3 Å². The fraction of sp³-hybridized carbons (Fsp3) is 0.579. The lowest BCUT2D eigenvalue weighted by atomic mass is 9.92. The van der Waals surface area contributed by atoms with Crippen LogP contribution in [0.4, 0.5) is 8.78 Å². The molecular formula is C19H25F2N3O3S. The highest BCUT2D eigenvalue weighted by atomic mass is 32.2. The van der Waals surface area contributed by atoms with Crippen LogP contribution in [0.3, 0.4) is 0 Å². The van der Waals surface area contributed by atoms with Gasteiger partial charge >= 0.3 is 0 Å². The molecule has 0 spiro atoms. The highest BCUT2D eigenvalue weighted by Crippen LogP contribution is 2.44. The highest BCUT2D eigenvalue weighted by Gasteiger charge is 2.46. The van der Waals surface area contributed by atoms with Gasteiger partial charge in [-0.1, -0.05) is 6.07 Å². The first-order chi connectivity index (χ1) is 13.1. The van der Waals surface area contributed by atoms with Gasteiger partial charge < -0.3 is 11.1 Å². The number of nitrogens with one attached hydrogen (secondary N) is 1. The van der Waals surface area contributed by atoms with Crippen LogP contribution in [0.25, 0.3) is 0 Å². The molecule has 1 aliphatic carbocycles. The van der Waals surface area contributed by atoms with Gasteiger partial charge in [0.2, 0.25) is 5.91 Å². The van der Waals surface area contributed by atoms with Crippen LogP contribution in [0.15, 0.2) is 22.6 Å². The summed E-state index contributed by atoms with van der Waals surface area (Å²) in [5, 5.41) is 2.38. The summed E-state index contributed by atoms with van der Waals surface area (Å²) >= 11 is 0. The van der Waals surface area contributed by atoms with Crippen molar-refractivity contribution >= 4 is 21.5 Å². The number of benzene rings is 1. The summed E-state index contributed by atoms with van der Waals surface area (Å²) in [5.41, 5.74) is 5.66. The summed E-state index contributed by atoms with van der Waals surface area (Å²) in [6.07, 6.45) is 2.80. The van der Waals surface area contributed by atoms with E-state index in [4.69, 9.17) is 5.73 Å². The smallest absolute Gasteiger partial charge is 0.256 e. The lowest BCUT2D eigenvalue weighted by Crippen LogP contribution is -2.38. The Bertz CT molecular complexity index is 873. The predicted octanol–water partition coefficient (Wildman–Crippen LogP) is 2.43. The minimum absolute atomic E-state index is 0.149. The summed E-state index contributed by atoms with van der Waals surface area (Å²) in [6.45, 7) is 1.19. The molecular weight excluding hydrogens is 388 g/mol. The summed E-state index contributed by atoms with van der Waals surface area (Å²) in [5.74, 6) is -2.13. The van der Waals surface area contributed by atoms with Crippen LogP contribution >= 0.6 is 0 Å². The molecule has 6 nitrogen and oxygen atoms in total. The maximum absolute atomic E-state index is 14.1. The first kappa shape index (κ1) is 20.9. The number of hydrogen-bond acceptors (Lipinski definition) is 4. The maximum Gasteiger partial charge on any atom is 0.256 e. The van der Waals surface area contributed by atoms with E-state index >= 15 is 0 Å². The van der Waals surface area contributed by atoms with E-state index < -0.39 is 51.2 Å². The van der Waals surface area contributed by atoms with Gasteiger partial charge in [0.05, 0.1) is 22.2 Å². The first-order valence-electron chi connectivity index (χ1n) is 9.37. The third kappa shape index (κ3) is 4.75. The summed E-state index contributed by atoms with van der Waals surface area (Å²) < 4.78 is 45.0. The number of rotatable bonds is 5. The number of hydrogen-bond donors (Lipinski definition) is 2. The molecule has 0 aromatic heterocycles. The fourth-order valence-electron chi connectivity index (χ4n) is 3.83. The molecule has 28 heavy (non-hydrogen) atoms. The molecule has 1 aliphatic heterocycles. The molecule has 9 heteroatoms. The Morgan fingerprint density at radius 2 is 1.86 bits per heavy atom. The Morgan fingerprint density at radius 1 is 1.29 bits per heavy atom. The van der Waals surface area contributed by atoms with Gasteiger partial charge in [-0.3, -0.25) is 9.59 Å². The van der Waals surface area contributed by atoms with E-state index in [1.807, 2.05) is 0 Å². The average molecular weight is 413 g/mol. The van der Waals surface area contributed by atoms with Crippen LogP contribution in [0.5, 0.6) is 0 Å². The van der Waals surface area contributed by atoms with Crippen LogP contribution in [0.2, 0.25) is 0 Å². The first-order valence-corrected chi connectivity index (χ1v) is 11.2. The zero-order valence-corrected chi connectivity index (χ0v) is 16.6. The molecule has 2 amide bonds. The molecule has 1 aromatic rings. The minimum atomic E-state index is -2.71. The minimum Gasteiger partial charge on any atom is -0.349 e. The van der Waals surface area contributed by atoms with Crippen molar-refractivity contribution in [2.75, 3.05) is 11.5 Å². The van der Waals surface area contributed by atoms with Crippen molar-refractivity contribution in [2.24, 2.45) is 16.0 Å². The van der Waals surface area contributed by atoms with E-state index in [1.165, 1.54) is 13.0 Å². The maximum atomic E-state index is 14.1. The third-order valence-corrected chi connectivity index (χ3v) is 7.87. The molecule has 3 N–H and O–H groups in total. The van der Waals surface area contributed by atoms with Crippen molar-refractivity contribution in [3.63, 3.8) is 0 Å². The lowest BCUT2D eigenvalue weighted by Gasteiger charge is -2.29. The Hall–Kier alpha value is -1.87. The molecule has 2 aliphatic rings. The second kappa shape index (κ2) is 7.87. The Balaban J connectivity index is 1.74. The Kier molecular flexibility index (Phi) is 5.86. The Labute approximate surface area is 163 Å². The molecule has 154 valence electrons. The molecule has 1 atom stereocenters. The SMILES string of the molecule is CC(=O)NC(CC(=O)N=S1(=O)CCC(C2(N)CC2)CC1)c1c(F)cccc1F. The van der Waals surface area contributed by atoms with Crippen LogP contribution in [0, 0.1) is 17.6 Å². The van der Waals surface area contributed by atoms with Crippen LogP contribution in [0.1, 0.15) is 50.6 Å². The zero-order valence-electron chi connectivity index (χ0n) is 15.7. The van der Waals surface area contributed by atoms with E-state index in [9.17, 15) is 22.6 Å². The number of nitrogens with two attached hydrogens (primary N) is 1. The molecule has 1 aromatic carbocycles. The number of carbonyl (C=O) groups is 2. The van der Waals surface area contributed by atoms with Gasteiger partial charge in [-0.25, -0.2) is 13.0 Å². The molecule has 0 radical (unpaired) electrons. The summed E-state index contributed by atoms with van der Waals surface area (Å²) in [7, 11) is -2.71. The summed E-state index contributed by atoms with van der Waals surface area (Å²) in [6, 6.07) is 2.09. The number of carbonyl (C=O) groups excluding carboxylic acids is 2. The standard InChI is InChI=1S/C19H25F2N3O3S/c1-12(25)23-16(18-14(20)3-2-4-15(18)21)11-17(26)24-28(27)9-5-13(6-10-28)19(22)7-8-19/h2-4,13,16H,5-11,22H2,1H3,(H,23,25). The van der Waals surface area contributed by atoms with E-state index in [1.54, 1.807) is 0 Å². The van der Waals surface area contributed by atoms with Crippen molar-refractivity contribution in [1.29, 1.82) is 0 Å². The van der Waals surface area contributed by atoms with Crippen molar-refractivity contribution in [2.45, 2.75) is 50.6 Å². The lowest BCUT2D eigenvalue weighted by molar-refractivity contribution is -0.121. The third-order valence-electron chi connectivity index (χ3n) is 5.58. The van der Waals surface area contributed by atoms with Gasteiger partial charge in [-0.05, 0) is 43.7 Å². The molecule has 1 heterocycles. The quantitative estimate of drug-likeness (QED) is 0.774. The van der Waals surface area contributed by atoms with Gasteiger partial charge in [0.1, 0.15) is 11.6 Å². The second-order valence-corrected chi connectivity index (χ2v) is 10.3. The van der Waals surface area contributed by atoms with Gasteiger partial charge in [0.15, 0.2) is 0 Å². The second-order valence-electron chi connectivity index (χ2n) is 7.77. The monoisotopic (exact) mass is 413 g/mol. The Morgan fingerprint density at radius 3 is 2.36 bits per heavy atom. The summed E-state index contributed by atoms with van der Waals surface area (Å²) in [4.78, 5) is 23.9. The zero-order chi connectivity index (χ0) is 20.5. The van der Waals surface area contributed by atoms with Crippen molar-refractivity contribution in [1.82, 2.24) is 5.32 Å². The van der Waals surface area contributed by atoms with Crippen molar-refractivity contribution in [3.8, 4) is 0 Å². The van der Waals surface area contributed by atoms with Gasteiger partial charge in [-0.15, -0.1) is 0 Å². The van der Waals surface area contributed by atoms with E-state index in [-0.39, 0.29) is 5.54 Å². The number of nitrogens with zero attached hydrogens (tertiary/aromatic N) is 1. The topological polar surface area (TPSA) is 102 Å². The molecule has 0 bridgehead atoms. The predicted molar refractivity (Wildman–Crippen MR) is 102 cm³/mol. The molecule has 1 saturated heterocycles.